The molecule has 0 saturated heterocycles. The first-order chi connectivity index (χ1) is 8.72. The van der Waals surface area contributed by atoms with Crippen LogP contribution in [0.3, 0.4) is 0 Å². The molecule has 0 aromatic carbocycles. The van der Waals surface area contributed by atoms with Gasteiger partial charge in [-0.05, 0) is 48.3 Å². The minimum atomic E-state index is -0.0751. The average Bonchev–Trinajstić information content (AvgIpc) is 2.74. The van der Waals surface area contributed by atoms with E-state index in [0.29, 0.717) is 13.0 Å². The Kier molecular flexibility index (Phi) is 8.29. The molecule has 5 heteroatoms. The lowest BCUT2D eigenvalue weighted by Crippen LogP contribution is -2.13. The van der Waals surface area contributed by atoms with E-state index < -0.39 is 0 Å². The van der Waals surface area contributed by atoms with Crippen molar-refractivity contribution in [1.82, 2.24) is 5.32 Å². The summed E-state index contributed by atoms with van der Waals surface area (Å²) in [6.07, 6.45) is 3.64. The minimum Gasteiger partial charge on any atom is -0.466 e. The number of nitrogens with one attached hydrogen (secondary N) is 1. The van der Waals surface area contributed by atoms with Gasteiger partial charge in [-0.25, -0.2) is 0 Å². The number of unbranched alkanes of at least 4 members (excludes halogenated alkanes) is 2. The van der Waals surface area contributed by atoms with Crippen LogP contribution in [-0.4, -0.2) is 19.1 Å². The van der Waals surface area contributed by atoms with Gasteiger partial charge < -0.3 is 10.1 Å². The summed E-state index contributed by atoms with van der Waals surface area (Å²) >= 11 is 5.20. The maximum atomic E-state index is 11.1. The molecule has 0 aliphatic rings. The molecule has 102 valence electrons. The first kappa shape index (κ1) is 15.7. The molecule has 1 aromatic rings. The summed E-state index contributed by atoms with van der Waals surface area (Å²) < 4.78 is 6.02. The van der Waals surface area contributed by atoms with Gasteiger partial charge in [-0.1, -0.05) is 6.42 Å². The Morgan fingerprint density at radius 1 is 1.44 bits per heavy atom. The standard InChI is InChI=1S/C13H20BrNO2S/c1-2-17-13(16)6-4-3-5-7-15-9-12-8-11(14)10-18-12/h8,10,15H,2-7,9H2,1H3. The summed E-state index contributed by atoms with van der Waals surface area (Å²) in [5.74, 6) is -0.0751. The lowest BCUT2D eigenvalue weighted by molar-refractivity contribution is -0.143. The molecule has 0 aliphatic heterocycles. The van der Waals surface area contributed by atoms with E-state index in [9.17, 15) is 4.79 Å². The zero-order valence-corrected chi connectivity index (χ0v) is 13.1. The predicted molar refractivity (Wildman–Crippen MR) is 78.8 cm³/mol. The lowest BCUT2D eigenvalue weighted by atomic mass is 10.2. The second-order valence-corrected chi connectivity index (χ2v) is 5.94. The Morgan fingerprint density at radius 3 is 2.94 bits per heavy atom. The molecule has 1 aromatic heterocycles. The highest BCUT2D eigenvalue weighted by Gasteiger charge is 2.00. The summed E-state index contributed by atoms with van der Waals surface area (Å²) in [5.41, 5.74) is 0. The molecule has 0 fully saturated rings. The smallest absolute Gasteiger partial charge is 0.305 e. The lowest BCUT2D eigenvalue weighted by Gasteiger charge is -2.03. The van der Waals surface area contributed by atoms with Gasteiger partial charge in [-0.2, -0.15) is 0 Å². The van der Waals surface area contributed by atoms with Crippen LogP contribution in [0.15, 0.2) is 15.9 Å². The van der Waals surface area contributed by atoms with E-state index in [1.165, 1.54) is 4.88 Å². The van der Waals surface area contributed by atoms with Crippen LogP contribution in [0.5, 0.6) is 0 Å². The highest BCUT2D eigenvalue weighted by Crippen LogP contribution is 2.19. The van der Waals surface area contributed by atoms with Gasteiger partial charge in [0.15, 0.2) is 0 Å². The number of thiophene rings is 1. The van der Waals surface area contributed by atoms with Crippen LogP contribution in [0, 0.1) is 0 Å². The normalized spacial score (nSPS) is 10.6. The van der Waals surface area contributed by atoms with E-state index in [4.69, 9.17) is 4.74 Å². The largest absolute Gasteiger partial charge is 0.466 e. The molecule has 3 nitrogen and oxygen atoms in total. The average molecular weight is 334 g/mol. The van der Waals surface area contributed by atoms with Gasteiger partial charge in [0.05, 0.1) is 6.61 Å². The SMILES string of the molecule is CCOC(=O)CCCCCNCc1cc(Br)cs1. The van der Waals surface area contributed by atoms with Crippen molar-refractivity contribution in [2.45, 2.75) is 39.2 Å². The van der Waals surface area contributed by atoms with Crippen molar-refractivity contribution in [2.24, 2.45) is 0 Å². The molecule has 0 unspecified atom stereocenters. The van der Waals surface area contributed by atoms with Crippen molar-refractivity contribution < 1.29 is 9.53 Å². The zero-order valence-electron chi connectivity index (χ0n) is 10.7. The summed E-state index contributed by atoms with van der Waals surface area (Å²) in [6.45, 7) is 4.24. The van der Waals surface area contributed by atoms with Gasteiger partial charge in [-0.3, -0.25) is 4.79 Å². The quantitative estimate of drug-likeness (QED) is 0.552. The summed E-state index contributed by atoms with van der Waals surface area (Å²) in [7, 11) is 0. The molecule has 0 saturated carbocycles. The number of hydrogen-bond donors (Lipinski definition) is 1. The van der Waals surface area contributed by atoms with Crippen LogP contribution >= 0.6 is 27.3 Å². The number of carbonyl (C=O) groups is 1. The molecule has 1 heterocycles. The van der Waals surface area contributed by atoms with Gasteiger partial charge in [0.2, 0.25) is 0 Å². The molecule has 18 heavy (non-hydrogen) atoms. The topological polar surface area (TPSA) is 38.3 Å². The number of halogens is 1. The van der Waals surface area contributed by atoms with E-state index in [-0.39, 0.29) is 5.97 Å². The van der Waals surface area contributed by atoms with Crippen LogP contribution in [-0.2, 0) is 16.1 Å². The van der Waals surface area contributed by atoms with Crippen molar-refractivity contribution in [3.05, 3.63) is 20.8 Å². The van der Waals surface area contributed by atoms with E-state index >= 15 is 0 Å². The Labute approximate surface area is 121 Å². The second kappa shape index (κ2) is 9.53. The number of ether oxygens (including phenoxy) is 1. The first-order valence-electron chi connectivity index (χ1n) is 6.31. The summed E-state index contributed by atoms with van der Waals surface area (Å²) in [6, 6.07) is 2.14. The van der Waals surface area contributed by atoms with E-state index in [2.05, 4.69) is 32.7 Å². The highest BCUT2D eigenvalue weighted by atomic mass is 79.9. The zero-order chi connectivity index (χ0) is 13.2. The Bertz CT molecular complexity index is 355. The van der Waals surface area contributed by atoms with Gasteiger partial charge in [0.25, 0.3) is 0 Å². The Balaban J connectivity index is 1.91. The summed E-state index contributed by atoms with van der Waals surface area (Å²) in [4.78, 5) is 12.4. The maximum absolute atomic E-state index is 11.1. The molecule has 0 aliphatic carbocycles. The van der Waals surface area contributed by atoms with Gasteiger partial charge in [0.1, 0.15) is 0 Å². The first-order valence-corrected chi connectivity index (χ1v) is 7.99. The minimum absolute atomic E-state index is 0.0751. The molecule has 0 radical (unpaired) electrons. The molecular formula is C13H20BrNO2S. The number of esters is 1. The Hall–Kier alpha value is -0.390. The monoisotopic (exact) mass is 333 g/mol. The van der Waals surface area contributed by atoms with Crippen molar-refractivity contribution in [3.63, 3.8) is 0 Å². The fourth-order valence-corrected chi connectivity index (χ4v) is 3.01. The van der Waals surface area contributed by atoms with Crippen LogP contribution in [0.25, 0.3) is 0 Å². The molecular weight excluding hydrogens is 314 g/mol. The van der Waals surface area contributed by atoms with Crippen molar-refractivity contribution >= 4 is 33.2 Å². The maximum Gasteiger partial charge on any atom is 0.305 e. The molecule has 0 spiro atoms. The van der Waals surface area contributed by atoms with Crippen LogP contribution in [0.4, 0.5) is 0 Å². The second-order valence-electron chi connectivity index (χ2n) is 4.02. The summed E-state index contributed by atoms with van der Waals surface area (Å²) in [5, 5.41) is 5.50. The van der Waals surface area contributed by atoms with Crippen LogP contribution in [0.2, 0.25) is 0 Å². The molecule has 0 atom stereocenters. The highest BCUT2D eigenvalue weighted by molar-refractivity contribution is 9.10. The fourth-order valence-electron chi connectivity index (χ4n) is 1.59. The fraction of sp³-hybridized carbons (Fsp3) is 0.615. The third-order valence-electron chi connectivity index (χ3n) is 2.46. The molecule has 1 N–H and O–H groups in total. The van der Waals surface area contributed by atoms with E-state index in [0.717, 1.165) is 36.8 Å². The van der Waals surface area contributed by atoms with E-state index in [1.807, 2.05) is 6.92 Å². The van der Waals surface area contributed by atoms with E-state index in [1.54, 1.807) is 11.3 Å². The third kappa shape index (κ3) is 7.13. The molecule has 1 rings (SSSR count). The number of rotatable bonds is 9. The van der Waals surface area contributed by atoms with Crippen molar-refractivity contribution in [2.75, 3.05) is 13.2 Å². The van der Waals surface area contributed by atoms with Crippen LogP contribution < -0.4 is 5.32 Å². The molecule has 0 bridgehead atoms. The third-order valence-corrected chi connectivity index (χ3v) is 4.16. The van der Waals surface area contributed by atoms with Crippen molar-refractivity contribution in [1.29, 1.82) is 0 Å². The van der Waals surface area contributed by atoms with Gasteiger partial charge in [-0.15, -0.1) is 11.3 Å². The van der Waals surface area contributed by atoms with Crippen molar-refractivity contribution in [3.8, 4) is 0 Å². The number of hydrogen-bond acceptors (Lipinski definition) is 4. The van der Waals surface area contributed by atoms with Gasteiger partial charge >= 0.3 is 5.97 Å². The van der Waals surface area contributed by atoms with Gasteiger partial charge in [0, 0.05) is 27.7 Å². The predicted octanol–water partition coefficient (Wildman–Crippen LogP) is 3.72. The number of carbonyl (C=O) groups excluding carboxylic acids is 1. The molecule has 0 amide bonds. The Morgan fingerprint density at radius 2 is 2.28 bits per heavy atom. The van der Waals surface area contributed by atoms with Crippen LogP contribution in [0.1, 0.15) is 37.5 Å².